The van der Waals surface area contributed by atoms with Crippen LogP contribution in [0.15, 0.2) is 23.1 Å². The van der Waals surface area contributed by atoms with Crippen LogP contribution in [0, 0.1) is 13.8 Å². The topological polar surface area (TPSA) is 58.2 Å². The third-order valence-electron chi connectivity index (χ3n) is 4.18. The Bertz CT molecular complexity index is 568. The average Bonchev–Trinajstić information content (AvgIpc) is 2.50. The second kappa shape index (κ2) is 8.39. The van der Waals surface area contributed by atoms with Crippen molar-refractivity contribution in [2.75, 3.05) is 0 Å². The minimum atomic E-state index is -0.366. The molecule has 0 aromatic heterocycles. The first-order valence-electron chi connectivity index (χ1n) is 8.31. The molecule has 1 aromatic rings. The van der Waals surface area contributed by atoms with E-state index in [4.69, 9.17) is 0 Å². The fourth-order valence-electron chi connectivity index (χ4n) is 2.86. The average molecular weight is 334 g/mol. The van der Waals surface area contributed by atoms with E-state index in [-0.39, 0.29) is 23.2 Å². The first kappa shape index (κ1) is 17.9. The zero-order chi connectivity index (χ0) is 16.8. The number of benzene rings is 1. The Morgan fingerprint density at radius 1 is 1.17 bits per heavy atom. The second-order valence-electron chi connectivity index (χ2n) is 6.33. The number of thioether (sulfide) groups is 1. The van der Waals surface area contributed by atoms with Gasteiger partial charge in [0.25, 0.3) is 0 Å². The van der Waals surface area contributed by atoms with Gasteiger partial charge in [0.05, 0.1) is 5.25 Å². The maximum absolute atomic E-state index is 12.2. The number of urea groups is 1. The monoisotopic (exact) mass is 334 g/mol. The number of rotatable bonds is 4. The van der Waals surface area contributed by atoms with Crippen molar-refractivity contribution in [3.8, 4) is 0 Å². The van der Waals surface area contributed by atoms with E-state index in [2.05, 4.69) is 16.7 Å². The molecule has 1 saturated carbocycles. The lowest BCUT2D eigenvalue weighted by atomic mass is 9.96. The van der Waals surface area contributed by atoms with Crippen molar-refractivity contribution in [3.63, 3.8) is 0 Å². The largest absolute Gasteiger partial charge is 0.335 e. The molecule has 0 bridgehead atoms. The van der Waals surface area contributed by atoms with Crippen molar-refractivity contribution in [1.82, 2.24) is 10.6 Å². The van der Waals surface area contributed by atoms with E-state index in [1.807, 2.05) is 32.9 Å². The summed E-state index contributed by atoms with van der Waals surface area (Å²) in [4.78, 5) is 25.2. The quantitative estimate of drug-likeness (QED) is 0.820. The molecule has 2 rings (SSSR count). The number of imide groups is 1. The summed E-state index contributed by atoms with van der Waals surface area (Å²) in [5.41, 5.74) is 2.36. The van der Waals surface area contributed by atoms with Gasteiger partial charge in [-0.3, -0.25) is 10.1 Å². The summed E-state index contributed by atoms with van der Waals surface area (Å²) in [6, 6.07) is 6.01. The molecule has 0 spiro atoms. The lowest BCUT2D eigenvalue weighted by Crippen LogP contribution is -2.47. The zero-order valence-electron chi connectivity index (χ0n) is 14.1. The highest BCUT2D eigenvalue weighted by molar-refractivity contribution is 8.00. The molecule has 3 amide bonds. The number of hydrogen-bond acceptors (Lipinski definition) is 3. The number of carbonyl (C=O) groups is 2. The van der Waals surface area contributed by atoms with Gasteiger partial charge in [-0.15, -0.1) is 11.8 Å². The maximum Gasteiger partial charge on any atom is 0.321 e. The van der Waals surface area contributed by atoms with E-state index in [1.54, 1.807) is 0 Å². The van der Waals surface area contributed by atoms with Gasteiger partial charge in [-0.2, -0.15) is 0 Å². The van der Waals surface area contributed by atoms with E-state index in [1.165, 1.54) is 23.7 Å². The number of nitrogens with one attached hydrogen (secondary N) is 2. The maximum atomic E-state index is 12.2. The third-order valence-corrected chi connectivity index (χ3v) is 5.46. The number of carbonyl (C=O) groups excluding carboxylic acids is 2. The number of amides is 3. The van der Waals surface area contributed by atoms with Gasteiger partial charge in [0, 0.05) is 10.9 Å². The summed E-state index contributed by atoms with van der Waals surface area (Å²) in [7, 11) is 0. The van der Waals surface area contributed by atoms with Crippen LogP contribution in [0.1, 0.15) is 50.2 Å². The first-order valence-corrected chi connectivity index (χ1v) is 9.19. The molecular weight excluding hydrogens is 308 g/mol. The Labute approximate surface area is 142 Å². The zero-order valence-corrected chi connectivity index (χ0v) is 15.0. The molecule has 126 valence electrons. The molecule has 1 aliphatic rings. The SMILES string of the molecule is Cc1ccc(S[C@H](C)C(=O)NC(=O)NC2CCCCC2)c(C)c1. The van der Waals surface area contributed by atoms with Crippen molar-refractivity contribution in [3.05, 3.63) is 29.3 Å². The van der Waals surface area contributed by atoms with Crippen LogP contribution in [0.25, 0.3) is 0 Å². The molecule has 23 heavy (non-hydrogen) atoms. The molecule has 1 aromatic carbocycles. The van der Waals surface area contributed by atoms with Gasteiger partial charge in [0.1, 0.15) is 0 Å². The summed E-state index contributed by atoms with van der Waals surface area (Å²) in [5.74, 6) is -0.247. The van der Waals surface area contributed by atoms with Crippen LogP contribution in [0.2, 0.25) is 0 Å². The highest BCUT2D eigenvalue weighted by atomic mass is 32.2. The molecule has 1 aliphatic carbocycles. The van der Waals surface area contributed by atoms with E-state index in [9.17, 15) is 9.59 Å². The molecule has 0 saturated heterocycles. The second-order valence-corrected chi connectivity index (χ2v) is 7.71. The van der Waals surface area contributed by atoms with Gasteiger partial charge in [0.15, 0.2) is 0 Å². The van der Waals surface area contributed by atoms with Gasteiger partial charge in [-0.1, -0.05) is 37.0 Å². The number of aryl methyl sites for hydroxylation is 2. The van der Waals surface area contributed by atoms with Crippen LogP contribution in [0.3, 0.4) is 0 Å². The Kier molecular flexibility index (Phi) is 6.51. The van der Waals surface area contributed by atoms with Crippen molar-refractivity contribution >= 4 is 23.7 Å². The summed E-state index contributed by atoms with van der Waals surface area (Å²) >= 11 is 1.48. The highest BCUT2D eigenvalue weighted by Crippen LogP contribution is 2.27. The molecule has 4 nitrogen and oxygen atoms in total. The van der Waals surface area contributed by atoms with Gasteiger partial charge >= 0.3 is 6.03 Å². The fourth-order valence-corrected chi connectivity index (χ4v) is 3.80. The molecule has 2 N–H and O–H groups in total. The normalized spacial score (nSPS) is 16.7. The molecule has 1 fully saturated rings. The highest BCUT2D eigenvalue weighted by Gasteiger charge is 2.20. The van der Waals surface area contributed by atoms with E-state index >= 15 is 0 Å². The van der Waals surface area contributed by atoms with Crippen molar-refractivity contribution in [1.29, 1.82) is 0 Å². The van der Waals surface area contributed by atoms with Crippen LogP contribution in [-0.4, -0.2) is 23.2 Å². The summed E-state index contributed by atoms with van der Waals surface area (Å²) < 4.78 is 0. The Morgan fingerprint density at radius 2 is 1.87 bits per heavy atom. The minimum Gasteiger partial charge on any atom is -0.335 e. The predicted molar refractivity (Wildman–Crippen MR) is 94.8 cm³/mol. The van der Waals surface area contributed by atoms with Gasteiger partial charge in [-0.25, -0.2) is 4.79 Å². The fraction of sp³-hybridized carbons (Fsp3) is 0.556. The predicted octanol–water partition coefficient (Wildman–Crippen LogP) is 3.94. The third kappa shape index (κ3) is 5.57. The Hall–Kier alpha value is -1.49. The van der Waals surface area contributed by atoms with Gasteiger partial charge in [0.2, 0.25) is 5.91 Å². The van der Waals surface area contributed by atoms with Gasteiger partial charge in [-0.05, 0) is 45.2 Å². The Balaban J connectivity index is 1.83. The van der Waals surface area contributed by atoms with E-state index in [0.717, 1.165) is 36.1 Å². The van der Waals surface area contributed by atoms with Crippen LogP contribution in [0.4, 0.5) is 4.79 Å². The minimum absolute atomic E-state index is 0.207. The smallest absolute Gasteiger partial charge is 0.321 e. The van der Waals surface area contributed by atoms with Gasteiger partial charge < -0.3 is 5.32 Å². The van der Waals surface area contributed by atoms with Crippen LogP contribution >= 0.6 is 11.8 Å². The molecular formula is C18H26N2O2S. The Morgan fingerprint density at radius 3 is 2.52 bits per heavy atom. The molecule has 0 unspecified atom stereocenters. The standard InChI is InChI=1S/C18H26N2O2S/c1-12-9-10-16(13(2)11-12)23-14(3)17(21)20-18(22)19-15-7-5-4-6-8-15/h9-11,14-15H,4-8H2,1-3H3,(H2,19,20,21,22)/t14-/m1/s1. The van der Waals surface area contributed by atoms with Crippen LogP contribution in [-0.2, 0) is 4.79 Å². The van der Waals surface area contributed by atoms with Crippen LogP contribution < -0.4 is 10.6 Å². The summed E-state index contributed by atoms with van der Waals surface area (Å²) in [5, 5.41) is 5.06. The van der Waals surface area contributed by atoms with Crippen LogP contribution in [0.5, 0.6) is 0 Å². The van der Waals surface area contributed by atoms with Crippen molar-refractivity contribution in [2.24, 2.45) is 0 Å². The molecule has 0 heterocycles. The van der Waals surface area contributed by atoms with Crippen molar-refractivity contribution < 1.29 is 9.59 Å². The number of hydrogen-bond donors (Lipinski definition) is 2. The van der Waals surface area contributed by atoms with E-state index in [0.29, 0.717) is 0 Å². The lowest BCUT2D eigenvalue weighted by Gasteiger charge is -2.23. The molecule has 5 heteroatoms. The van der Waals surface area contributed by atoms with E-state index < -0.39 is 0 Å². The molecule has 0 radical (unpaired) electrons. The lowest BCUT2D eigenvalue weighted by molar-refractivity contribution is -0.119. The summed E-state index contributed by atoms with van der Waals surface area (Å²) in [6.07, 6.45) is 5.56. The molecule has 1 atom stereocenters. The molecule has 0 aliphatic heterocycles. The summed E-state index contributed by atoms with van der Waals surface area (Å²) in [6.45, 7) is 5.91. The first-order chi connectivity index (χ1) is 11.0. The van der Waals surface area contributed by atoms with Crippen molar-refractivity contribution in [2.45, 2.75) is 69.1 Å².